The molecule has 0 rings (SSSR count). The average molecular weight is 233 g/mol. The molecule has 5 heteroatoms. The average Bonchev–Trinajstić information content (AvgIpc) is 1.99. The maximum atomic E-state index is 11.6. The van der Waals surface area contributed by atoms with Gasteiger partial charge in [-0.3, -0.25) is 4.79 Å². The molecule has 16 heavy (non-hydrogen) atoms. The molecule has 0 spiro atoms. The van der Waals surface area contributed by atoms with Crippen molar-refractivity contribution in [3.05, 3.63) is 0 Å². The molecule has 0 aromatic carbocycles. The van der Waals surface area contributed by atoms with E-state index in [1.165, 1.54) is 0 Å². The first-order chi connectivity index (χ1) is 6.64. The van der Waals surface area contributed by atoms with Crippen molar-refractivity contribution in [1.29, 1.82) is 0 Å². The van der Waals surface area contributed by atoms with Gasteiger partial charge in [0.2, 0.25) is 5.91 Å². The molecular formula is C11H23NO4. The largest absolute Gasteiger partial charge is 0.480 e. The molecule has 0 saturated heterocycles. The Labute approximate surface area is 96.5 Å². The highest BCUT2D eigenvalue weighted by molar-refractivity contribution is 5.86. The fraction of sp³-hybridized carbons (Fsp3) is 0.818. The van der Waals surface area contributed by atoms with Gasteiger partial charge in [-0.15, -0.1) is 0 Å². The van der Waals surface area contributed by atoms with Crippen LogP contribution in [0.25, 0.3) is 0 Å². The van der Waals surface area contributed by atoms with Crippen molar-refractivity contribution >= 4 is 11.9 Å². The molecule has 0 saturated carbocycles. The van der Waals surface area contributed by atoms with E-state index in [0.717, 1.165) is 0 Å². The zero-order valence-electron chi connectivity index (χ0n) is 10.6. The van der Waals surface area contributed by atoms with Crippen LogP contribution >= 0.6 is 0 Å². The Morgan fingerprint density at radius 1 is 1.25 bits per heavy atom. The van der Waals surface area contributed by atoms with Crippen molar-refractivity contribution in [3.63, 3.8) is 0 Å². The summed E-state index contributed by atoms with van der Waals surface area (Å²) in [5, 5.41) is 11.5. The normalized spacial score (nSPS) is 12.9. The molecule has 0 heterocycles. The molecule has 1 atom stereocenters. The lowest BCUT2D eigenvalue weighted by molar-refractivity contribution is -0.143. The van der Waals surface area contributed by atoms with Crippen molar-refractivity contribution < 1.29 is 20.2 Å². The van der Waals surface area contributed by atoms with Crippen LogP contribution in [0.15, 0.2) is 0 Å². The third-order valence-corrected chi connectivity index (χ3v) is 1.99. The Morgan fingerprint density at radius 3 is 1.94 bits per heavy atom. The topological polar surface area (TPSA) is 97.9 Å². The lowest BCUT2D eigenvalue weighted by Crippen LogP contribution is -2.46. The molecule has 1 unspecified atom stereocenters. The van der Waals surface area contributed by atoms with E-state index in [1.54, 1.807) is 20.8 Å². The molecule has 0 aromatic rings. The van der Waals surface area contributed by atoms with Gasteiger partial charge in [-0.25, -0.2) is 4.79 Å². The Bertz CT molecular complexity index is 243. The second-order valence-corrected chi connectivity index (χ2v) is 5.24. The molecule has 5 nitrogen and oxygen atoms in total. The molecule has 0 aromatic heterocycles. The van der Waals surface area contributed by atoms with E-state index in [4.69, 9.17) is 5.11 Å². The van der Waals surface area contributed by atoms with Crippen LogP contribution in [0.3, 0.4) is 0 Å². The predicted octanol–water partition coefficient (Wildman–Crippen LogP) is 0.823. The van der Waals surface area contributed by atoms with Crippen molar-refractivity contribution in [2.24, 2.45) is 11.3 Å². The molecule has 0 fully saturated rings. The summed E-state index contributed by atoms with van der Waals surface area (Å²) in [6, 6.07) is -0.781. The van der Waals surface area contributed by atoms with Gasteiger partial charge in [-0.05, 0) is 12.3 Å². The van der Waals surface area contributed by atoms with Crippen LogP contribution in [0, 0.1) is 11.3 Å². The van der Waals surface area contributed by atoms with E-state index >= 15 is 0 Å². The van der Waals surface area contributed by atoms with Crippen LogP contribution in [-0.2, 0) is 9.59 Å². The van der Waals surface area contributed by atoms with Gasteiger partial charge in [0.15, 0.2) is 0 Å². The number of carboxylic acids is 1. The molecule has 0 aliphatic carbocycles. The quantitative estimate of drug-likeness (QED) is 0.752. The highest BCUT2D eigenvalue weighted by Crippen LogP contribution is 2.14. The standard InChI is InChI=1S/C11H21NO3.H2O/c1-7(2)6-8(9(13)14)12-10(15)11(3,4)5;/h7-8H,6H2,1-5H3,(H,12,15)(H,13,14);1H2. The summed E-state index contributed by atoms with van der Waals surface area (Å²) >= 11 is 0. The molecule has 0 aliphatic rings. The fourth-order valence-electron chi connectivity index (χ4n) is 1.07. The number of nitrogens with one attached hydrogen (secondary N) is 1. The number of carbonyl (C=O) groups excluding carboxylic acids is 1. The molecule has 0 aliphatic heterocycles. The van der Waals surface area contributed by atoms with Gasteiger partial charge in [0.25, 0.3) is 0 Å². The highest BCUT2D eigenvalue weighted by Gasteiger charge is 2.27. The maximum Gasteiger partial charge on any atom is 0.326 e. The first-order valence-corrected chi connectivity index (χ1v) is 5.18. The molecule has 0 bridgehead atoms. The summed E-state index contributed by atoms with van der Waals surface area (Å²) in [4.78, 5) is 22.5. The Hall–Kier alpha value is -1.10. The van der Waals surface area contributed by atoms with Gasteiger partial charge in [0.1, 0.15) is 6.04 Å². The Morgan fingerprint density at radius 2 is 1.69 bits per heavy atom. The predicted molar refractivity (Wildman–Crippen MR) is 62.1 cm³/mol. The third kappa shape index (κ3) is 6.40. The van der Waals surface area contributed by atoms with E-state index < -0.39 is 17.4 Å². The van der Waals surface area contributed by atoms with Crippen LogP contribution in [0.4, 0.5) is 0 Å². The molecule has 4 N–H and O–H groups in total. The van der Waals surface area contributed by atoms with Gasteiger partial charge in [-0.2, -0.15) is 0 Å². The first kappa shape index (κ1) is 17.3. The second kappa shape index (κ2) is 6.48. The lowest BCUT2D eigenvalue weighted by Gasteiger charge is -2.22. The second-order valence-electron chi connectivity index (χ2n) is 5.24. The van der Waals surface area contributed by atoms with Gasteiger partial charge in [-0.1, -0.05) is 34.6 Å². The van der Waals surface area contributed by atoms with E-state index in [-0.39, 0.29) is 17.3 Å². The van der Waals surface area contributed by atoms with Gasteiger partial charge in [0, 0.05) is 5.41 Å². The van der Waals surface area contributed by atoms with E-state index in [2.05, 4.69) is 5.32 Å². The van der Waals surface area contributed by atoms with Gasteiger partial charge >= 0.3 is 5.97 Å². The SMILES string of the molecule is CC(C)CC(NC(=O)C(C)(C)C)C(=O)O.O. The summed E-state index contributed by atoms with van der Waals surface area (Å²) in [6.45, 7) is 9.14. The van der Waals surface area contributed by atoms with Crippen molar-refractivity contribution in [2.75, 3.05) is 0 Å². The number of carbonyl (C=O) groups is 2. The zero-order chi connectivity index (χ0) is 12.2. The van der Waals surface area contributed by atoms with Crippen LogP contribution < -0.4 is 5.32 Å². The van der Waals surface area contributed by atoms with Crippen molar-refractivity contribution in [2.45, 2.75) is 47.1 Å². The number of hydrogen-bond donors (Lipinski definition) is 2. The van der Waals surface area contributed by atoms with Crippen LogP contribution in [-0.4, -0.2) is 28.5 Å². The summed E-state index contributed by atoms with van der Waals surface area (Å²) in [6.07, 6.45) is 0.456. The Balaban J connectivity index is 0. The van der Waals surface area contributed by atoms with Gasteiger partial charge in [0.05, 0.1) is 0 Å². The van der Waals surface area contributed by atoms with E-state index in [0.29, 0.717) is 6.42 Å². The Kier molecular flexibility index (Phi) is 7.00. The van der Waals surface area contributed by atoms with E-state index in [1.807, 2.05) is 13.8 Å². The molecule has 1 amide bonds. The number of aliphatic carboxylic acids is 1. The highest BCUT2D eigenvalue weighted by atomic mass is 16.4. The van der Waals surface area contributed by atoms with Crippen molar-refractivity contribution in [3.8, 4) is 0 Å². The lowest BCUT2D eigenvalue weighted by atomic mass is 9.94. The number of rotatable bonds is 4. The summed E-state index contributed by atoms with van der Waals surface area (Å²) in [5.74, 6) is -0.955. The minimum Gasteiger partial charge on any atom is -0.480 e. The smallest absolute Gasteiger partial charge is 0.326 e. The monoisotopic (exact) mass is 233 g/mol. The first-order valence-electron chi connectivity index (χ1n) is 5.18. The minimum absolute atomic E-state index is 0. The van der Waals surface area contributed by atoms with Crippen molar-refractivity contribution in [1.82, 2.24) is 5.32 Å². The summed E-state index contributed by atoms with van der Waals surface area (Å²) in [7, 11) is 0. The summed E-state index contributed by atoms with van der Waals surface area (Å²) in [5.41, 5.74) is -0.551. The van der Waals surface area contributed by atoms with E-state index in [9.17, 15) is 9.59 Å². The number of carboxylic acid groups (broad SMARTS) is 1. The molecular weight excluding hydrogens is 210 g/mol. The minimum atomic E-state index is -0.971. The number of hydrogen-bond acceptors (Lipinski definition) is 2. The number of amides is 1. The maximum absolute atomic E-state index is 11.6. The summed E-state index contributed by atoms with van der Waals surface area (Å²) < 4.78 is 0. The third-order valence-electron chi connectivity index (χ3n) is 1.99. The van der Waals surface area contributed by atoms with Crippen LogP contribution in [0.1, 0.15) is 41.0 Å². The van der Waals surface area contributed by atoms with Crippen LogP contribution in [0.5, 0.6) is 0 Å². The van der Waals surface area contributed by atoms with Gasteiger partial charge < -0.3 is 15.9 Å². The molecule has 96 valence electrons. The zero-order valence-corrected chi connectivity index (χ0v) is 10.6. The molecule has 0 radical (unpaired) electrons. The fourth-order valence-corrected chi connectivity index (χ4v) is 1.07. The van der Waals surface area contributed by atoms with Crippen LogP contribution in [0.2, 0.25) is 0 Å².